The molecule has 4 atom stereocenters. The molecule has 5 heteroatoms. The third-order valence-corrected chi connectivity index (χ3v) is 4.14. The van der Waals surface area contributed by atoms with Gasteiger partial charge in [0, 0.05) is 19.1 Å². The van der Waals surface area contributed by atoms with Crippen molar-refractivity contribution in [3.8, 4) is 0 Å². The van der Waals surface area contributed by atoms with Crippen molar-refractivity contribution in [2.24, 2.45) is 11.7 Å². The zero-order chi connectivity index (χ0) is 12.3. The highest BCUT2D eigenvalue weighted by molar-refractivity contribution is 5.85. The fourth-order valence-electron chi connectivity index (χ4n) is 2.91. The first-order valence-corrected chi connectivity index (χ1v) is 6.83. The molecule has 1 heterocycles. The fraction of sp³-hybridized carbons (Fsp3) is 0.923. The second-order valence-electron chi connectivity index (χ2n) is 5.45. The van der Waals surface area contributed by atoms with Gasteiger partial charge in [-0.05, 0) is 32.1 Å². The summed E-state index contributed by atoms with van der Waals surface area (Å²) in [5.41, 5.74) is 6.06. The molecule has 1 saturated carbocycles. The predicted octanol–water partition coefficient (Wildman–Crippen LogP) is 1.61. The number of halogens is 1. The van der Waals surface area contributed by atoms with Crippen molar-refractivity contribution in [3.05, 3.63) is 0 Å². The van der Waals surface area contributed by atoms with E-state index >= 15 is 0 Å². The van der Waals surface area contributed by atoms with Crippen LogP contribution in [0.4, 0.5) is 0 Å². The van der Waals surface area contributed by atoms with E-state index in [1.807, 2.05) is 6.92 Å². The van der Waals surface area contributed by atoms with Crippen LogP contribution in [-0.2, 0) is 9.53 Å². The number of hydrogen-bond acceptors (Lipinski definition) is 3. The lowest BCUT2D eigenvalue weighted by molar-refractivity contribution is -0.123. The van der Waals surface area contributed by atoms with Gasteiger partial charge in [-0.3, -0.25) is 4.79 Å². The van der Waals surface area contributed by atoms with E-state index < -0.39 is 0 Å². The van der Waals surface area contributed by atoms with Gasteiger partial charge in [0.1, 0.15) is 0 Å². The van der Waals surface area contributed by atoms with Gasteiger partial charge in [-0.2, -0.15) is 0 Å². The molecule has 1 aliphatic heterocycles. The van der Waals surface area contributed by atoms with E-state index in [4.69, 9.17) is 10.5 Å². The molecule has 4 nitrogen and oxygen atoms in total. The Hall–Kier alpha value is -0.320. The van der Waals surface area contributed by atoms with Crippen LogP contribution in [0.15, 0.2) is 0 Å². The molecule has 1 amide bonds. The maximum Gasteiger partial charge on any atom is 0.220 e. The summed E-state index contributed by atoms with van der Waals surface area (Å²) < 4.78 is 5.44. The molecule has 0 aromatic rings. The van der Waals surface area contributed by atoms with Crippen molar-refractivity contribution < 1.29 is 9.53 Å². The molecule has 1 saturated heterocycles. The first-order chi connectivity index (χ1) is 8.16. The van der Waals surface area contributed by atoms with Gasteiger partial charge in [0.2, 0.25) is 5.91 Å². The van der Waals surface area contributed by atoms with Crippen LogP contribution in [0.25, 0.3) is 0 Å². The third kappa shape index (κ3) is 4.11. The van der Waals surface area contributed by atoms with Crippen molar-refractivity contribution in [2.45, 2.75) is 63.6 Å². The summed E-state index contributed by atoms with van der Waals surface area (Å²) in [4.78, 5) is 11.9. The first kappa shape index (κ1) is 15.7. The van der Waals surface area contributed by atoms with Crippen LogP contribution in [0.5, 0.6) is 0 Å². The van der Waals surface area contributed by atoms with E-state index in [0.29, 0.717) is 12.3 Å². The summed E-state index contributed by atoms with van der Waals surface area (Å²) in [5.74, 6) is 0.524. The number of rotatable bonds is 3. The van der Waals surface area contributed by atoms with Gasteiger partial charge in [0.05, 0.1) is 12.1 Å². The molecular formula is C13H25ClN2O2. The van der Waals surface area contributed by atoms with Crippen LogP contribution in [0.3, 0.4) is 0 Å². The molecule has 18 heavy (non-hydrogen) atoms. The maximum absolute atomic E-state index is 11.9. The van der Waals surface area contributed by atoms with Gasteiger partial charge in [0.25, 0.3) is 0 Å². The molecule has 1 aliphatic carbocycles. The normalized spacial score (nSPS) is 35.9. The number of nitrogens with one attached hydrogen (secondary N) is 1. The van der Waals surface area contributed by atoms with Crippen molar-refractivity contribution in [1.29, 1.82) is 0 Å². The number of carbonyl (C=O) groups excluding carboxylic acids is 1. The second kappa shape index (κ2) is 7.31. The predicted molar refractivity (Wildman–Crippen MR) is 73.8 cm³/mol. The molecule has 3 N–H and O–H groups in total. The molecule has 0 aromatic heterocycles. The molecule has 4 unspecified atom stereocenters. The molecular weight excluding hydrogens is 252 g/mol. The van der Waals surface area contributed by atoms with E-state index in [1.165, 1.54) is 12.8 Å². The average Bonchev–Trinajstić information content (AvgIpc) is 2.68. The van der Waals surface area contributed by atoms with Crippen LogP contribution >= 0.6 is 12.4 Å². The van der Waals surface area contributed by atoms with Gasteiger partial charge < -0.3 is 15.8 Å². The Morgan fingerprint density at radius 3 is 2.67 bits per heavy atom. The van der Waals surface area contributed by atoms with Crippen LogP contribution in [-0.4, -0.2) is 30.7 Å². The monoisotopic (exact) mass is 276 g/mol. The molecule has 2 rings (SSSR count). The van der Waals surface area contributed by atoms with E-state index in [0.717, 1.165) is 25.9 Å². The minimum absolute atomic E-state index is 0. The lowest BCUT2D eigenvalue weighted by Gasteiger charge is -2.28. The Morgan fingerprint density at radius 2 is 2.06 bits per heavy atom. The summed E-state index contributed by atoms with van der Waals surface area (Å²) in [6.07, 6.45) is 6.28. The van der Waals surface area contributed by atoms with Crippen LogP contribution in [0, 0.1) is 5.92 Å². The van der Waals surface area contributed by atoms with E-state index in [9.17, 15) is 4.79 Å². The average molecular weight is 277 g/mol. The molecule has 2 fully saturated rings. The molecule has 106 valence electrons. The largest absolute Gasteiger partial charge is 0.376 e. The smallest absolute Gasteiger partial charge is 0.220 e. The highest BCUT2D eigenvalue weighted by atomic mass is 35.5. The number of carbonyl (C=O) groups is 1. The summed E-state index contributed by atoms with van der Waals surface area (Å²) in [7, 11) is 0. The summed E-state index contributed by atoms with van der Waals surface area (Å²) in [5, 5.41) is 3.08. The molecule has 0 aromatic carbocycles. The van der Waals surface area contributed by atoms with Crippen LogP contribution in [0.2, 0.25) is 0 Å². The maximum atomic E-state index is 11.9. The van der Waals surface area contributed by atoms with Crippen LogP contribution < -0.4 is 11.1 Å². The minimum Gasteiger partial charge on any atom is -0.376 e. The van der Waals surface area contributed by atoms with Gasteiger partial charge in [0.15, 0.2) is 0 Å². The highest BCUT2D eigenvalue weighted by Gasteiger charge is 2.28. The molecule has 0 spiro atoms. The van der Waals surface area contributed by atoms with Gasteiger partial charge in [-0.1, -0.05) is 12.8 Å². The Morgan fingerprint density at radius 1 is 1.33 bits per heavy atom. The van der Waals surface area contributed by atoms with Gasteiger partial charge in [-0.15, -0.1) is 12.4 Å². The number of ether oxygens (including phenoxy) is 1. The van der Waals surface area contributed by atoms with E-state index in [2.05, 4.69) is 5.32 Å². The SMILES string of the molecule is CC1OCCC1NC(=O)CC1CCCCC1N.Cl. The Kier molecular flexibility index (Phi) is 6.39. The molecule has 2 aliphatic rings. The number of nitrogens with two attached hydrogens (primary N) is 1. The van der Waals surface area contributed by atoms with E-state index in [-0.39, 0.29) is 36.5 Å². The van der Waals surface area contributed by atoms with E-state index in [1.54, 1.807) is 0 Å². The highest BCUT2D eigenvalue weighted by Crippen LogP contribution is 2.25. The second-order valence-corrected chi connectivity index (χ2v) is 5.45. The first-order valence-electron chi connectivity index (χ1n) is 6.83. The Labute approximate surface area is 115 Å². The van der Waals surface area contributed by atoms with Crippen molar-refractivity contribution in [1.82, 2.24) is 5.32 Å². The Bertz CT molecular complexity index is 276. The summed E-state index contributed by atoms with van der Waals surface area (Å²) in [6, 6.07) is 0.411. The topological polar surface area (TPSA) is 64.3 Å². The lowest BCUT2D eigenvalue weighted by atomic mass is 9.83. The third-order valence-electron chi connectivity index (χ3n) is 4.14. The van der Waals surface area contributed by atoms with Gasteiger partial charge >= 0.3 is 0 Å². The lowest BCUT2D eigenvalue weighted by Crippen LogP contribution is -2.42. The Balaban J connectivity index is 0.00000162. The number of hydrogen-bond donors (Lipinski definition) is 2. The summed E-state index contributed by atoms with van der Waals surface area (Å²) in [6.45, 7) is 2.78. The fourth-order valence-corrected chi connectivity index (χ4v) is 2.91. The zero-order valence-corrected chi connectivity index (χ0v) is 11.9. The van der Waals surface area contributed by atoms with Crippen molar-refractivity contribution in [3.63, 3.8) is 0 Å². The van der Waals surface area contributed by atoms with Crippen molar-refractivity contribution >= 4 is 18.3 Å². The zero-order valence-electron chi connectivity index (χ0n) is 11.1. The standard InChI is InChI=1S/C13H24N2O2.ClH/c1-9-12(6-7-17-9)15-13(16)8-10-4-2-3-5-11(10)14;/h9-12H,2-8,14H2,1H3,(H,15,16);1H. The quantitative estimate of drug-likeness (QED) is 0.823. The number of amides is 1. The molecule has 0 bridgehead atoms. The van der Waals surface area contributed by atoms with Gasteiger partial charge in [-0.25, -0.2) is 0 Å². The van der Waals surface area contributed by atoms with Crippen molar-refractivity contribution in [2.75, 3.05) is 6.61 Å². The summed E-state index contributed by atoms with van der Waals surface area (Å²) >= 11 is 0. The molecule has 0 radical (unpaired) electrons. The van der Waals surface area contributed by atoms with Crippen LogP contribution in [0.1, 0.15) is 45.4 Å². The minimum atomic E-state index is 0.